The van der Waals surface area contributed by atoms with Crippen LogP contribution in [-0.2, 0) is 0 Å². The molecule has 1 saturated heterocycles. The van der Waals surface area contributed by atoms with Gasteiger partial charge in [0, 0.05) is 24.6 Å². The van der Waals surface area contributed by atoms with Crippen molar-refractivity contribution in [2.75, 3.05) is 6.54 Å². The minimum absolute atomic E-state index is 0.0108. The van der Waals surface area contributed by atoms with Gasteiger partial charge in [0.15, 0.2) is 0 Å². The van der Waals surface area contributed by atoms with Crippen LogP contribution >= 0.6 is 0 Å². The van der Waals surface area contributed by atoms with Crippen LogP contribution < -0.4 is 0 Å². The number of aromatic nitrogens is 3. The summed E-state index contributed by atoms with van der Waals surface area (Å²) < 4.78 is 0. The summed E-state index contributed by atoms with van der Waals surface area (Å²) in [6.45, 7) is 4.95. The van der Waals surface area contributed by atoms with Gasteiger partial charge in [-0.25, -0.2) is 0 Å². The molecule has 0 radical (unpaired) electrons. The van der Waals surface area contributed by atoms with Gasteiger partial charge in [-0.3, -0.25) is 14.9 Å². The molecule has 3 rings (SSSR count). The molecule has 1 unspecified atom stereocenters. The number of likely N-dealkylation sites (tertiary alicyclic amines) is 1. The van der Waals surface area contributed by atoms with Gasteiger partial charge in [-0.05, 0) is 42.9 Å². The summed E-state index contributed by atoms with van der Waals surface area (Å²) >= 11 is 0. The number of amides is 1. The van der Waals surface area contributed by atoms with Crippen LogP contribution in [0.15, 0.2) is 30.6 Å². The average Bonchev–Trinajstić information content (AvgIpc) is 3.05. The topological polar surface area (TPSA) is 61.9 Å². The Kier molecular flexibility index (Phi) is 4.22. The van der Waals surface area contributed by atoms with E-state index in [0.717, 1.165) is 37.1 Å². The molecule has 5 nitrogen and oxygen atoms in total. The predicted octanol–water partition coefficient (Wildman–Crippen LogP) is 3.30. The Labute approximate surface area is 130 Å². The lowest BCUT2D eigenvalue weighted by molar-refractivity contribution is 0.0605. The molecule has 1 aliphatic heterocycles. The van der Waals surface area contributed by atoms with Crippen LogP contribution in [-0.4, -0.2) is 32.5 Å². The van der Waals surface area contributed by atoms with E-state index in [1.807, 2.05) is 29.3 Å². The molecule has 0 saturated carbocycles. The third-order valence-electron chi connectivity index (χ3n) is 4.27. The number of hydrogen-bond acceptors (Lipinski definition) is 3. The second-order valence-electron chi connectivity index (χ2n) is 6.16. The highest BCUT2D eigenvalue weighted by Gasteiger charge is 2.30. The first-order valence-electron chi connectivity index (χ1n) is 7.93. The van der Waals surface area contributed by atoms with Crippen LogP contribution in [0, 0.1) is 0 Å². The molecule has 0 spiro atoms. The zero-order valence-electron chi connectivity index (χ0n) is 13.1. The third-order valence-corrected chi connectivity index (χ3v) is 4.27. The van der Waals surface area contributed by atoms with Gasteiger partial charge in [-0.1, -0.05) is 19.9 Å². The summed E-state index contributed by atoms with van der Waals surface area (Å²) in [5, 5.41) is 7.18. The van der Waals surface area contributed by atoms with Crippen molar-refractivity contribution in [2.45, 2.75) is 45.1 Å². The van der Waals surface area contributed by atoms with Gasteiger partial charge in [-0.15, -0.1) is 0 Å². The molecule has 5 heteroatoms. The van der Waals surface area contributed by atoms with Gasteiger partial charge in [0.1, 0.15) is 5.69 Å². The van der Waals surface area contributed by atoms with E-state index in [4.69, 9.17) is 0 Å². The smallest absolute Gasteiger partial charge is 0.274 e. The van der Waals surface area contributed by atoms with Crippen molar-refractivity contribution in [1.29, 1.82) is 0 Å². The highest BCUT2D eigenvalue weighted by atomic mass is 16.2. The SMILES string of the molecule is CC(C)c1cc(C(=O)N2CCCCC2c2cccnc2)n[nH]1. The largest absolute Gasteiger partial charge is 0.330 e. The summed E-state index contributed by atoms with van der Waals surface area (Å²) in [4.78, 5) is 19.0. The van der Waals surface area contributed by atoms with Crippen molar-refractivity contribution in [3.05, 3.63) is 47.5 Å². The van der Waals surface area contributed by atoms with Crippen molar-refractivity contribution >= 4 is 5.91 Å². The van der Waals surface area contributed by atoms with Crippen molar-refractivity contribution in [3.8, 4) is 0 Å². The van der Waals surface area contributed by atoms with Gasteiger partial charge >= 0.3 is 0 Å². The minimum atomic E-state index is 0.0108. The monoisotopic (exact) mass is 298 g/mol. The van der Waals surface area contributed by atoms with Crippen molar-refractivity contribution in [3.63, 3.8) is 0 Å². The van der Waals surface area contributed by atoms with Gasteiger partial charge in [0.05, 0.1) is 6.04 Å². The second-order valence-corrected chi connectivity index (χ2v) is 6.16. The van der Waals surface area contributed by atoms with E-state index in [2.05, 4.69) is 29.0 Å². The van der Waals surface area contributed by atoms with Gasteiger partial charge in [0.2, 0.25) is 0 Å². The van der Waals surface area contributed by atoms with Crippen molar-refractivity contribution in [2.24, 2.45) is 0 Å². The number of hydrogen-bond donors (Lipinski definition) is 1. The first-order valence-corrected chi connectivity index (χ1v) is 7.93. The maximum atomic E-state index is 12.8. The molecule has 1 atom stereocenters. The number of H-pyrrole nitrogens is 1. The number of rotatable bonds is 3. The van der Waals surface area contributed by atoms with Crippen LogP contribution in [0.5, 0.6) is 0 Å². The molecular formula is C17H22N4O. The quantitative estimate of drug-likeness (QED) is 0.945. The number of piperidine rings is 1. The Morgan fingerprint density at radius 1 is 1.41 bits per heavy atom. The highest BCUT2D eigenvalue weighted by Crippen LogP contribution is 2.31. The Morgan fingerprint density at radius 2 is 2.27 bits per heavy atom. The van der Waals surface area contributed by atoms with Crippen LogP contribution in [0.4, 0.5) is 0 Å². The molecule has 0 aliphatic carbocycles. The number of carbonyl (C=O) groups is 1. The molecule has 1 N–H and O–H groups in total. The zero-order chi connectivity index (χ0) is 15.5. The van der Waals surface area contributed by atoms with E-state index >= 15 is 0 Å². The number of nitrogens with zero attached hydrogens (tertiary/aromatic N) is 3. The van der Waals surface area contributed by atoms with Crippen LogP contribution in [0.3, 0.4) is 0 Å². The Morgan fingerprint density at radius 3 is 2.95 bits per heavy atom. The molecule has 0 bridgehead atoms. The van der Waals surface area contributed by atoms with E-state index < -0.39 is 0 Å². The van der Waals surface area contributed by atoms with E-state index in [1.54, 1.807) is 6.20 Å². The van der Waals surface area contributed by atoms with Crippen LogP contribution in [0.25, 0.3) is 0 Å². The summed E-state index contributed by atoms with van der Waals surface area (Å²) in [6.07, 6.45) is 6.80. The number of aromatic amines is 1. The molecule has 3 heterocycles. The molecule has 116 valence electrons. The summed E-state index contributed by atoms with van der Waals surface area (Å²) in [5.74, 6) is 0.348. The molecule has 1 aliphatic rings. The second kappa shape index (κ2) is 6.30. The lowest BCUT2D eigenvalue weighted by Gasteiger charge is -2.35. The summed E-state index contributed by atoms with van der Waals surface area (Å²) in [6, 6.07) is 5.96. The summed E-state index contributed by atoms with van der Waals surface area (Å²) in [7, 11) is 0. The fraction of sp³-hybridized carbons (Fsp3) is 0.471. The normalized spacial score (nSPS) is 18.7. The molecule has 22 heavy (non-hydrogen) atoms. The Hall–Kier alpha value is -2.17. The first kappa shape index (κ1) is 14.8. The molecule has 1 fully saturated rings. The van der Waals surface area contributed by atoms with E-state index in [1.165, 1.54) is 0 Å². The molecule has 2 aromatic rings. The van der Waals surface area contributed by atoms with E-state index in [-0.39, 0.29) is 11.9 Å². The molecular weight excluding hydrogens is 276 g/mol. The minimum Gasteiger partial charge on any atom is -0.330 e. The van der Waals surface area contributed by atoms with Gasteiger partial charge in [0.25, 0.3) is 5.91 Å². The number of nitrogens with one attached hydrogen (secondary N) is 1. The highest BCUT2D eigenvalue weighted by molar-refractivity contribution is 5.92. The van der Waals surface area contributed by atoms with Gasteiger partial charge < -0.3 is 4.90 Å². The van der Waals surface area contributed by atoms with E-state index in [0.29, 0.717) is 11.6 Å². The Balaban J connectivity index is 1.85. The number of carbonyl (C=O) groups excluding carboxylic acids is 1. The van der Waals surface area contributed by atoms with Crippen LogP contribution in [0.2, 0.25) is 0 Å². The fourth-order valence-electron chi connectivity index (χ4n) is 2.98. The Bertz CT molecular complexity index is 635. The first-order chi connectivity index (χ1) is 10.7. The average molecular weight is 298 g/mol. The maximum Gasteiger partial charge on any atom is 0.274 e. The standard InChI is InChI=1S/C17H22N4O/c1-12(2)14-10-15(20-19-14)17(22)21-9-4-3-7-16(21)13-6-5-8-18-11-13/h5-6,8,10-12,16H,3-4,7,9H2,1-2H3,(H,19,20). The molecule has 2 aromatic heterocycles. The maximum absolute atomic E-state index is 12.8. The zero-order valence-corrected chi connectivity index (χ0v) is 13.1. The number of pyridine rings is 1. The van der Waals surface area contributed by atoms with Crippen molar-refractivity contribution in [1.82, 2.24) is 20.1 Å². The third kappa shape index (κ3) is 2.89. The van der Waals surface area contributed by atoms with E-state index in [9.17, 15) is 4.79 Å². The fourth-order valence-corrected chi connectivity index (χ4v) is 2.98. The van der Waals surface area contributed by atoms with Crippen LogP contribution in [0.1, 0.15) is 66.8 Å². The lowest BCUT2D eigenvalue weighted by Crippen LogP contribution is -2.38. The van der Waals surface area contributed by atoms with Crippen molar-refractivity contribution < 1.29 is 4.79 Å². The summed E-state index contributed by atoms with van der Waals surface area (Å²) in [5.41, 5.74) is 2.62. The predicted molar refractivity (Wildman–Crippen MR) is 84.5 cm³/mol. The lowest BCUT2D eigenvalue weighted by atomic mass is 9.96. The molecule has 0 aromatic carbocycles. The molecule has 1 amide bonds. The van der Waals surface area contributed by atoms with Gasteiger partial charge in [-0.2, -0.15) is 5.10 Å².